The smallest absolute Gasteiger partial charge is 0.292 e. The van der Waals surface area contributed by atoms with Gasteiger partial charge in [0.05, 0.1) is 11.1 Å². The van der Waals surface area contributed by atoms with Gasteiger partial charge in [-0.1, -0.05) is 19.9 Å². The molecule has 0 aliphatic heterocycles. The second kappa shape index (κ2) is 6.05. The number of nitrogens with zero attached hydrogens (tertiary/aromatic N) is 1. The number of thioether (sulfide) groups is 1. The topological polar surface area (TPSA) is 30.0 Å². The molecule has 0 unspecified atom stereocenters. The normalized spacial score (nSPS) is 11.9. The van der Waals surface area contributed by atoms with Crippen molar-refractivity contribution in [1.29, 1.82) is 0 Å². The maximum absolute atomic E-state index is 12.7. The summed E-state index contributed by atoms with van der Waals surface area (Å²) in [5.41, 5.74) is -0.299. The lowest BCUT2D eigenvalue weighted by molar-refractivity contribution is -0.137. The predicted octanol–water partition coefficient (Wildman–Crippen LogP) is 4.96. The van der Waals surface area contributed by atoms with Crippen LogP contribution in [0.4, 0.5) is 13.2 Å². The molecule has 0 amide bonds. The lowest BCUT2D eigenvalue weighted by Crippen LogP contribution is -2.06. The summed E-state index contributed by atoms with van der Waals surface area (Å²) in [5.74, 6) is 0.600. The first-order chi connectivity index (χ1) is 9.86. The summed E-state index contributed by atoms with van der Waals surface area (Å²) < 4.78 is 38.2. The number of hydrogen-bond acceptors (Lipinski definition) is 3. The van der Waals surface area contributed by atoms with E-state index in [1.165, 1.54) is 17.8 Å². The molecular formula is C15H14F3NOS. The summed E-state index contributed by atoms with van der Waals surface area (Å²) in [7, 11) is 0. The van der Waals surface area contributed by atoms with Crippen LogP contribution in [0.25, 0.3) is 10.9 Å². The van der Waals surface area contributed by atoms with Crippen LogP contribution in [0.1, 0.15) is 36.3 Å². The van der Waals surface area contributed by atoms with Gasteiger partial charge in [-0.3, -0.25) is 4.79 Å². The van der Waals surface area contributed by atoms with Crippen LogP contribution in [0.15, 0.2) is 29.2 Å². The molecule has 21 heavy (non-hydrogen) atoms. The Kier molecular flexibility index (Phi) is 4.56. The van der Waals surface area contributed by atoms with Gasteiger partial charge in [-0.25, -0.2) is 4.98 Å². The second-order valence-electron chi connectivity index (χ2n) is 4.45. The Labute approximate surface area is 124 Å². The number of benzene rings is 1. The number of ketones is 1. The minimum Gasteiger partial charge on any atom is -0.292 e. The van der Waals surface area contributed by atoms with Crippen LogP contribution >= 0.6 is 11.8 Å². The van der Waals surface area contributed by atoms with Crippen molar-refractivity contribution in [2.24, 2.45) is 0 Å². The Hall–Kier alpha value is -1.56. The largest absolute Gasteiger partial charge is 0.416 e. The maximum atomic E-state index is 12.7. The fourth-order valence-corrected chi connectivity index (χ4v) is 2.77. The zero-order valence-electron chi connectivity index (χ0n) is 11.6. The molecule has 0 spiro atoms. The lowest BCUT2D eigenvalue weighted by Gasteiger charge is -2.11. The Morgan fingerprint density at radius 1 is 1.24 bits per heavy atom. The summed E-state index contributed by atoms with van der Waals surface area (Å²) in [6.07, 6.45) is -4.14. The Bertz CT molecular complexity index is 682. The van der Waals surface area contributed by atoms with Crippen LogP contribution in [0, 0.1) is 0 Å². The van der Waals surface area contributed by atoms with Crippen molar-refractivity contribution in [3.63, 3.8) is 0 Å². The van der Waals surface area contributed by atoms with Crippen LogP contribution < -0.4 is 0 Å². The zero-order chi connectivity index (χ0) is 15.6. The molecular weight excluding hydrogens is 299 g/mol. The number of aromatic nitrogens is 1. The molecule has 0 aliphatic rings. The second-order valence-corrected chi connectivity index (χ2v) is 5.76. The molecule has 0 fully saturated rings. The average molecular weight is 313 g/mol. The third kappa shape index (κ3) is 3.37. The van der Waals surface area contributed by atoms with Crippen molar-refractivity contribution in [3.05, 3.63) is 35.5 Å². The molecule has 0 atom stereocenters. The van der Waals surface area contributed by atoms with Crippen LogP contribution in [-0.2, 0) is 6.18 Å². The fourth-order valence-electron chi connectivity index (χ4n) is 1.96. The maximum Gasteiger partial charge on any atom is 0.416 e. The number of hydrogen-bond donors (Lipinski definition) is 0. The average Bonchev–Trinajstić information content (AvgIpc) is 2.44. The van der Waals surface area contributed by atoms with Crippen molar-refractivity contribution in [2.45, 2.75) is 31.3 Å². The highest BCUT2D eigenvalue weighted by atomic mass is 32.2. The number of halogens is 3. The van der Waals surface area contributed by atoms with Gasteiger partial charge in [-0.2, -0.15) is 13.2 Å². The number of rotatable bonds is 4. The molecule has 0 aliphatic carbocycles. The van der Waals surface area contributed by atoms with Crippen LogP contribution in [0.3, 0.4) is 0 Å². The number of alkyl halides is 3. The number of carbonyl (C=O) groups excluding carboxylic acids is 1. The summed E-state index contributed by atoms with van der Waals surface area (Å²) in [6.45, 7) is 3.66. The van der Waals surface area contributed by atoms with E-state index in [4.69, 9.17) is 0 Å². The minimum absolute atomic E-state index is 0.162. The van der Waals surface area contributed by atoms with Crippen molar-refractivity contribution in [3.8, 4) is 0 Å². The molecule has 6 heteroatoms. The highest BCUT2D eigenvalue weighted by Crippen LogP contribution is 2.33. The van der Waals surface area contributed by atoms with E-state index in [1.807, 2.05) is 6.92 Å². The van der Waals surface area contributed by atoms with E-state index in [-0.39, 0.29) is 23.4 Å². The quantitative estimate of drug-likeness (QED) is 0.590. The lowest BCUT2D eigenvalue weighted by atomic mass is 10.1. The van der Waals surface area contributed by atoms with E-state index in [0.717, 1.165) is 22.8 Å². The van der Waals surface area contributed by atoms with Crippen LogP contribution in [0.2, 0.25) is 0 Å². The number of fused-ring (bicyclic) bond motifs is 1. The summed E-state index contributed by atoms with van der Waals surface area (Å²) in [6, 6.07) is 5.15. The third-order valence-corrected chi connectivity index (χ3v) is 3.91. The van der Waals surface area contributed by atoms with Crippen molar-refractivity contribution < 1.29 is 18.0 Å². The highest BCUT2D eigenvalue weighted by molar-refractivity contribution is 7.99. The fraction of sp³-hybridized carbons (Fsp3) is 0.333. The van der Waals surface area contributed by atoms with Gasteiger partial charge in [-0.05, 0) is 24.0 Å². The monoisotopic (exact) mass is 313 g/mol. The van der Waals surface area contributed by atoms with E-state index >= 15 is 0 Å². The van der Waals surface area contributed by atoms with E-state index < -0.39 is 11.7 Å². The molecule has 2 aromatic rings. The molecule has 0 saturated carbocycles. The van der Waals surface area contributed by atoms with E-state index in [0.29, 0.717) is 5.39 Å². The standard InChI is InChI=1S/C15H14F3NOS/c1-3-12(20)14-13(21-4-2)7-9-5-6-10(15(16,17)18)8-11(9)19-14/h5-8H,3-4H2,1-2H3. The van der Waals surface area contributed by atoms with Gasteiger partial charge in [0.25, 0.3) is 0 Å². The van der Waals surface area contributed by atoms with E-state index in [2.05, 4.69) is 4.98 Å². The molecule has 0 N–H and O–H groups in total. The third-order valence-electron chi connectivity index (χ3n) is 3.00. The van der Waals surface area contributed by atoms with E-state index in [1.54, 1.807) is 13.0 Å². The van der Waals surface area contributed by atoms with Gasteiger partial charge in [-0.15, -0.1) is 11.8 Å². The first-order valence-electron chi connectivity index (χ1n) is 6.54. The van der Waals surface area contributed by atoms with Gasteiger partial charge in [0.2, 0.25) is 0 Å². The first-order valence-corrected chi connectivity index (χ1v) is 7.53. The molecule has 0 radical (unpaired) electrons. The van der Waals surface area contributed by atoms with Gasteiger partial charge >= 0.3 is 6.18 Å². The van der Waals surface area contributed by atoms with Crippen molar-refractivity contribution in [2.75, 3.05) is 5.75 Å². The molecule has 0 saturated heterocycles. The number of Topliss-reactive ketones (excluding diaryl/α,β-unsaturated/α-hetero) is 1. The molecule has 1 heterocycles. The summed E-state index contributed by atoms with van der Waals surface area (Å²) in [5, 5.41) is 0.603. The van der Waals surface area contributed by atoms with Gasteiger partial charge in [0.1, 0.15) is 5.69 Å². The van der Waals surface area contributed by atoms with Crippen molar-refractivity contribution in [1.82, 2.24) is 4.98 Å². The zero-order valence-corrected chi connectivity index (χ0v) is 12.4. The molecule has 2 rings (SSSR count). The van der Waals surface area contributed by atoms with Crippen LogP contribution in [-0.4, -0.2) is 16.5 Å². The van der Waals surface area contributed by atoms with Gasteiger partial charge < -0.3 is 0 Å². The first kappa shape index (κ1) is 15.8. The Balaban J connectivity index is 2.64. The molecule has 0 bridgehead atoms. The highest BCUT2D eigenvalue weighted by Gasteiger charge is 2.30. The van der Waals surface area contributed by atoms with Crippen LogP contribution in [0.5, 0.6) is 0 Å². The minimum atomic E-state index is -4.42. The Morgan fingerprint density at radius 3 is 2.52 bits per heavy atom. The summed E-state index contributed by atoms with van der Waals surface area (Å²) in [4.78, 5) is 16.8. The Morgan fingerprint density at radius 2 is 1.95 bits per heavy atom. The van der Waals surface area contributed by atoms with Gasteiger partial charge in [0, 0.05) is 16.7 Å². The SMILES string of the molecule is CCSc1cc2ccc(C(F)(F)F)cc2nc1C(=O)CC. The predicted molar refractivity (Wildman–Crippen MR) is 77.8 cm³/mol. The molecule has 112 valence electrons. The molecule has 2 nitrogen and oxygen atoms in total. The van der Waals surface area contributed by atoms with E-state index in [9.17, 15) is 18.0 Å². The summed E-state index contributed by atoms with van der Waals surface area (Å²) >= 11 is 1.46. The molecule has 1 aromatic carbocycles. The number of carbonyl (C=O) groups is 1. The number of pyridine rings is 1. The van der Waals surface area contributed by atoms with Gasteiger partial charge in [0.15, 0.2) is 5.78 Å². The molecule has 1 aromatic heterocycles. The van der Waals surface area contributed by atoms with Crippen molar-refractivity contribution >= 4 is 28.4 Å².